The van der Waals surface area contributed by atoms with E-state index >= 15 is 0 Å². The summed E-state index contributed by atoms with van der Waals surface area (Å²) in [6, 6.07) is 6.75. The average Bonchev–Trinajstić information content (AvgIpc) is 2.64. The third-order valence-electron chi connectivity index (χ3n) is 4.01. The van der Waals surface area contributed by atoms with Crippen LogP contribution in [0.1, 0.15) is 6.92 Å². The highest BCUT2D eigenvalue weighted by atomic mass is 35.5. The maximum atomic E-state index is 12.7. The summed E-state index contributed by atoms with van der Waals surface area (Å²) in [5, 5.41) is 9.24. The van der Waals surface area contributed by atoms with Crippen molar-refractivity contribution in [1.29, 1.82) is 0 Å². The molecule has 0 radical (unpaired) electrons. The van der Waals surface area contributed by atoms with Gasteiger partial charge in [-0.25, -0.2) is 14.8 Å². The van der Waals surface area contributed by atoms with Crippen LogP contribution in [-0.2, 0) is 18.9 Å². The van der Waals surface area contributed by atoms with Gasteiger partial charge in [-0.2, -0.15) is 0 Å². The lowest BCUT2D eigenvalue weighted by atomic mass is 10.2. The fraction of sp³-hybridized carbons (Fsp3) is 0.235. The van der Waals surface area contributed by atoms with Crippen molar-refractivity contribution in [2.75, 3.05) is 0 Å². The summed E-state index contributed by atoms with van der Waals surface area (Å²) in [6.07, 6.45) is 0. The maximum Gasteiger partial charge on any atom is 0.332 e. The van der Waals surface area contributed by atoms with Gasteiger partial charge in [0.05, 0.1) is 0 Å². The number of aliphatic carboxylic acids is 1. The molecule has 0 aliphatic carbocycles. The number of carboxylic acids is 1. The standard InChI is InChI=1S/C17H15ClN4O4S/c1-8(16(24)25)27-14-11-13(21(2)17(26)22(3)15(11)23)19-12(20-14)9-4-6-10(18)7-5-9/h4-8H,1-3H3,(H,24,25)/t8-/m1/s1. The number of hydrogen-bond donors (Lipinski definition) is 1. The first-order valence-corrected chi connectivity index (χ1v) is 9.09. The first kappa shape index (κ1) is 19.1. The number of nitrogens with zero attached hydrogens (tertiary/aromatic N) is 4. The molecule has 2 heterocycles. The fourth-order valence-electron chi connectivity index (χ4n) is 2.46. The van der Waals surface area contributed by atoms with Gasteiger partial charge in [-0.3, -0.25) is 18.7 Å². The molecular weight excluding hydrogens is 392 g/mol. The Balaban J connectivity index is 2.37. The van der Waals surface area contributed by atoms with E-state index in [2.05, 4.69) is 9.97 Å². The predicted molar refractivity (Wildman–Crippen MR) is 103 cm³/mol. The van der Waals surface area contributed by atoms with E-state index in [1.165, 1.54) is 25.6 Å². The summed E-state index contributed by atoms with van der Waals surface area (Å²) >= 11 is 6.84. The summed E-state index contributed by atoms with van der Waals surface area (Å²) in [7, 11) is 2.85. The Morgan fingerprint density at radius 3 is 2.37 bits per heavy atom. The van der Waals surface area contributed by atoms with E-state index < -0.39 is 22.5 Å². The van der Waals surface area contributed by atoms with E-state index in [0.717, 1.165) is 16.3 Å². The first-order valence-electron chi connectivity index (χ1n) is 7.84. The quantitative estimate of drug-likeness (QED) is 0.521. The van der Waals surface area contributed by atoms with Crippen LogP contribution in [0.4, 0.5) is 0 Å². The molecule has 0 unspecified atom stereocenters. The molecule has 1 atom stereocenters. The van der Waals surface area contributed by atoms with Gasteiger partial charge in [0.15, 0.2) is 11.5 Å². The number of benzene rings is 1. The van der Waals surface area contributed by atoms with Crippen LogP contribution in [0, 0.1) is 0 Å². The van der Waals surface area contributed by atoms with Crippen LogP contribution in [-0.4, -0.2) is 35.4 Å². The molecule has 2 aromatic heterocycles. The lowest BCUT2D eigenvalue weighted by Crippen LogP contribution is -2.37. The highest BCUT2D eigenvalue weighted by molar-refractivity contribution is 8.00. The van der Waals surface area contributed by atoms with Crippen LogP contribution in [0.5, 0.6) is 0 Å². The third-order valence-corrected chi connectivity index (χ3v) is 5.33. The molecule has 140 valence electrons. The number of aromatic nitrogens is 4. The normalized spacial score (nSPS) is 12.3. The Bertz CT molecular complexity index is 1170. The van der Waals surface area contributed by atoms with Gasteiger partial charge in [-0.1, -0.05) is 23.4 Å². The van der Waals surface area contributed by atoms with Crippen LogP contribution in [0.25, 0.3) is 22.4 Å². The summed E-state index contributed by atoms with van der Waals surface area (Å²) in [4.78, 5) is 45.0. The summed E-state index contributed by atoms with van der Waals surface area (Å²) in [5.74, 6) is -0.774. The average molecular weight is 407 g/mol. The van der Waals surface area contributed by atoms with Crippen LogP contribution in [0.15, 0.2) is 38.9 Å². The molecule has 3 aromatic rings. The summed E-state index contributed by atoms with van der Waals surface area (Å²) in [6.45, 7) is 1.50. The van der Waals surface area contributed by atoms with Gasteiger partial charge in [0.2, 0.25) is 0 Å². The van der Waals surface area contributed by atoms with Crippen LogP contribution >= 0.6 is 23.4 Å². The molecule has 1 N–H and O–H groups in total. The van der Waals surface area contributed by atoms with Gasteiger partial charge >= 0.3 is 11.7 Å². The molecule has 3 rings (SSSR count). The second-order valence-electron chi connectivity index (χ2n) is 5.86. The molecule has 0 saturated carbocycles. The van der Waals surface area contributed by atoms with E-state index in [1.807, 2.05) is 0 Å². The molecule has 0 amide bonds. The Labute approximate surface area is 162 Å². The molecular formula is C17H15ClN4O4S. The first-order chi connectivity index (χ1) is 12.7. The molecule has 0 fully saturated rings. The SMILES string of the molecule is C[C@@H](Sc1nc(-c2ccc(Cl)cc2)nc2c1c(=O)n(C)c(=O)n2C)C(=O)O. The Kier molecular flexibility index (Phi) is 5.07. The predicted octanol–water partition coefficient (Wildman–Crippen LogP) is 1.91. The smallest absolute Gasteiger partial charge is 0.332 e. The van der Waals surface area contributed by atoms with Crippen molar-refractivity contribution in [3.63, 3.8) is 0 Å². The van der Waals surface area contributed by atoms with Crippen LogP contribution < -0.4 is 11.2 Å². The lowest BCUT2D eigenvalue weighted by Gasteiger charge is -2.13. The topological polar surface area (TPSA) is 107 Å². The summed E-state index contributed by atoms with van der Waals surface area (Å²) in [5.41, 5.74) is -0.339. The summed E-state index contributed by atoms with van der Waals surface area (Å²) < 4.78 is 2.19. The van der Waals surface area contributed by atoms with E-state index in [0.29, 0.717) is 10.6 Å². The molecule has 0 bridgehead atoms. The van der Waals surface area contributed by atoms with Crippen molar-refractivity contribution in [2.45, 2.75) is 17.2 Å². The van der Waals surface area contributed by atoms with Gasteiger partial charge in [0.1, 0.15) is 15.7 Å². The Hall–Kier alpha value is -2.65. The van der Waals surface area contributed by atoms with Gasteiger partial charge in [0, 0.05) is 24.7 Å². The number of thioether (sulfide) groups is 1. The van der Waals surface area contributed by atoms with Crippen LogP contribution in [0.2, 0.25) is 5.02 Å². The number of carbonyl (C=O) groups is 1. The minimum absolute atomic E-state index is 0.107. The third kappa shape index (κ3) is 3.47. The van der Waals surface area contributed by atoms with Crippen molar-refractivity contribution < 1.29 is 9.90 Å². The van der Waals surface area contributed by atoms with Crippen molar-refractivity contribution >= 4 is 40.4 Å². The van der Waals surface area contributed by atoms with Gasteiger partial charge in [-0.15, -0.1) is 0 Å². The van der Waals surface area contributed by atoms with Gasteiger partial charge in [-0.05, 0) is 31.2 Å². The highest BCUT2D eigenvalue weighted by Gasteiger charge is 2.22. The highest BCUT2D eigenvalue weighted by Crippen LogP contribution is 2.29. The van der Waals surface area contributed by atoms with Gasteiger partial charge < -0.3 is 5.11 Å². The van der Waals surface area contributed by atoms with Gasteiger partial charge in [0.25, 0.3) is 5.56 Å². The molecule has 10 heteroatoms. The Morgan fingerprint density at radius 1 is 1.15 bits per heavy atom. The zero-order chi connectivity index (χ0) is 19.9. The molecule has 0 saturated heterocycles. The molecule has 0 aliphatic heterocycles. The second-order valence-corrected chi connectivity index (χ2v) is 7.63. The van der Waals surface area contributed by atoms with E-state index in [4.69, 9.17) is 11.6 Å². The molecule has 1 aromatic carbocycles. The molecule has 0 spiro atoms. The number of hydrogen-bond acceptors (Lipinski definition) is 6. The largest absolute Gasteiger partial charge is 0.480 e. The molecule has 8 nitrogen and oxygen atoms in total. The minimum atomic E-state index is -1.04. The number of halogens is 1. The van der Waals surface area contributed by atoms with E-state index in [1.54, 1.807) is 24.3 Å². The van der Waals surface area contributed by atoms with E-state index in [9.17, 15) is 19.5 Å². The Morgan fingerprint density at radius 2 is 1.78 bits per heavy atom. The number of rotatable bonds is 4. The van der Waals surface area contributed by atoms with Crippen molar-refractivity contribution in [2.24, 2.45) is 14.1 Å². The number of carboxylic acid groups (broad SMARTS) is 1. The fourth-order valence-corrected chi connectivity index (χ4v) is 3.46. The lowest BCUT2D eigenvalue weighted by molar-refractivity contribution is -0.136. The zero-order valence-corrected chi connectivity index (χ0v) is 16.2. The molecule has 27 heavy (non-hydrogen) atoms. The number of fused-ring (bicyclic) bond motifs is 1. The second kappa shape index (κ2) is 7.16. The van der Waals surface area contributed by atoms with Crippen LogP contribution in [0.3, 0.4) is 0 Å². The zero-order valence-electron chi connectivity index (χ0n) is 14.6. The van der Waals surface area contributed by atoms with Crippen molar-refractivity contribution in [3.8, 4) is 11.4 Å². The molecule has 0 aliphatic rings. The monoisotopic (exact) mass is 406 g/mol. The number of aryl methyl sites for hydroxylation is 1. The maximum absolute atomic E-state index is 12.7. The van der Waals surface area contributed by atoms with Crippen molar-refractivity contribution in [1.82, 2.24) is 19.1 Å². The van der Waals surface area contributed by atoms with E-state index in [-0.39, 0.29) is 21.9 Å². The minimum Gasteiger partial charge on any atom is -0.480 e. The van der Waals surface area contributed by atoms with Crippen molar-refractivity contribution in [3.05, 3.63) is 50.1 Å².